The molecule has 1 N–H and O–H groups in total. The molecule has 1 aliphatic rings. The van der Waals surface area contributed by atoms with E-state index in [1.54, 1.807) is 21.6 Å². The molecule has 2 aromatic carbocycles. The van der Waals surface area contributed by atoms with E-state index in [0.29, 0.717) is 23.7 Å². The van der Waals surface area contributed by atoms with Crippen LogP contribution in [0.15, 0.2) is 64.9 Å². The highest BCUT2D eigenvalue weighted by atomic mass is 32.2. The van der Waals surface area contributed by atoms with Crippen molar-refractivity contribution >= 4 is 50.3 Å². The maximum absolute atomic E-state index is 13.2. The van der Waals surface area contributed by atoms with Gasteiger partial charge in [0.05, 0.1) is 9.77 Å². The van der Waals surface area contributed by atoms with Gasteiger partial charge in [-0.05, 0) is 46.6 Å². The smallest absolute Gasteiger partial charge is 0.243 e. The van der Waals surface area contributed by atoms with Crippen molar-refractivity contribution in [1.82, 2.24) is 24.0 Å². The third-order valence-corrected chi connectivity index (χ3v) is 8.82. The molecule has 0 atom stereocenters. The number of sulfonamides is 1. The van der Waals surface area contributed by atoms with Gasteiger partial charge in [-0.2, -0.15) is 9.40 Å². The maximum atomic E-state index is 13.2. The minimum atomic E-state index is -3.64. The van der Waals surface area contributed by atoms with Crippen LogP contribution in [-0.2, 0) is 21.4 Å². The van der Waals surface area contributed by atoms with Crippen LogP contribution in [0.25, 0.3) is 21.5 Å². The Bertz CT molecular complexity index is 1470. The van der Waals surface area contributed by atoms with Gasteiger partial charge >= 0.3 is 0 Å². The summed E-state index contributed by atoms with van der Waals surface area (Å²) in [6, 6.07) is 16.7. The Morgan fingerprint density at radius 1 is 1.03 bits per heavy atom. The molecule has 170 valence electrons. The first-order chi connectivity index (χ1) is 15.9. The second kappa shape index (κ2) is 8.82. The second-order valence-electron chi connectivity index (χ2n) is 7.71. The minimum Gasteiger partial charge on any atom is -0.338 e. The molecule has 33 heavy (non-hydrogen) atoms. The summed E-state index contributed by atoms with van der Waals surface area (Å²) in [7, 11) is -3.64. The minimum absolute atomic E-state index is 0.0555. The van der Waals surface area contributed by atoms with Gasteiger partial charge in [-0.15, -0.1) is 11.3 Å². The van der Waals surface area contributed by atoms with Gasteiger partial charge in [-0.1, -0.05) is 36.4 Å². The number of nitrogens with zero attached hydrogens (tertiary/aromatic N) is 4. The fraction of sp³-hybridized carbons (Fsp3) is 0.227. The summed E-state index contributed by atoms with van der Waals surface area (Å²) < 4.78 is 29.9. The number of piperazine rings is 1. The van der Waals surface area contributed by atoms with Crippen LogP contribution in [0.4, 0.5) is 0 Å². The van der Waals surface area contributed by atoms with E-state index < -0.39 is 10.0 Å². The zero-order chi connectivity index (χ0) is 23.0. The van der Waals surface area contributed by atoms with Crippen molar-refractivity contribution < 1.29 is 13.2 Å². The van der Waals surface area contributed by atoms with Gasteiger partial charge < -0.3 is 4.90 Å². The second-order valence-corrected chi connectivity index (χ2v) is 11.0. The van der Waals surface area contributed by atoms with Crippen molar-refractivity contribution in [1.29, 1.82) is 0 Å². The maximum Gasteiger partial charge on any atom is 0.243 e. The molecule has 1 aliphatic heterocycles. The molecule has 1 amide bonds. The fourth-order valence-corrected chi connectivity index (χ4v) is 6.33. The van der Waals surface area contributed by atoms with Crippen LogP contribution >= 0.6 is 23.6 Å². The molecule has 8 nitrogen and oxygen atoms in total. The van der Waals surface area contributed by atoms with Crippen LogP contribution in [0.3, 0.4) is 0 Å². The van der Waals surface area contributed by atoms with Gasteiger partial charge in [0.15, 0.2) is 10.6 Å². The Hall–Kier alpha value is -2.86. The zero-order valence-electron chi connectivity index (χ0n) is 17.5. The van der Waals surface area contributed by atoms with Crippen LogP contribution in [0.5, 0.6) is 0 Å². The van der Waals surface area contributed by atoms with Crippen LogP contribution in [0.1, 0.15) is 0 Å². The average Bonchev–Trinajstić information content (AvgIpc) is 3.49. The Balaban J connectivity index is 1.28. The van der Waals surface area contributed by atoms with Gasteiger partial charge in [0, 0.05) is 26.2 Å². The zero-order valence-corrected chi connectivity index (χ0v) is 20.0. The molecule has 2 aromatic heterocycles. The van der Waals surface area contributed by atoms with Gasteiger partial charge in [0.1, 0.15) is 6.54 Å². The summed E-state index contributed by atoms with van der Waals surface area (Å²) in [5.74, 6) is 0.508. The van der Waals surface area contributed by atoms with E-state index in [1.165, 1.54) is 15.6 Å². The summed E-state index contributed by atoms with van der Waals surface area (Å²) in [6.07, 6.45) is 0. The number of carbonyl (C=O) groups excluding carboxylic acids is 1. The number of amides is 1. The molecular formula is C22H21N5O3S3. The number of benzene rings is 2. The van der Waals surface area contributed by atoms with Crippen molar-refractivity contribution in [2.75, 3.05) is 26.2 Å². The van der Waals surface area contributed by atoms with Gasteiger partial charge in [-0.3, -0.25) is 14.5 Å². The van der Waals surface area contributed by atoms with Crippen molar-refractivity contribution in [3.05, 3.63) is 64.7 Å². The molecule has 0 radical (unpaired) electrons. The quantitative estimate of drug-likeness (QED) is 0.425. The number of nitrogens with one attached hydrogen (secondary N) is 1. The number of thiophene rings is 1. The highest BCUT2D eigenvalue weighted by Crippen LogP contribution is 2.24. The average molecular weight is 500 g/mol. The summed E-state index contributed by atoms with van der Waals surface area (Å²) >= 11 is 6.83. The van der Waals surface area contributed by atoms with E-state index in [0.717, 1.165) is 15.6 Å². The highest BCUT2D eigenvalue weighted by molar-refractivity contribution is 7.89. The van der Waals surface area contributed by atoms with E-state index in [1.807, 2.05) is 47.8 Å². The summed E-state index contributed by atoms with van der Waals surface area (Å²) in [5, 5.41) is 10.8. The SMILES string of the molecule is O=C(Cn1c(-c2cccs2)n[nH]c1=S)N1CCN(S(=O)(=O)c2ccc3ccccc3c2)CC1. The van der Waals surface area contributed by atoms with Crippen LogP contribution in [-0.4, -0.2) is 64.5 Å². The number of aromatic amines is 1. The molecule has 3 heterocycles. The lowest BCUT2D eigenvalue weighted by Gasteiger charge is -2.34. The monoisotopic (exact) mass is 499 g/mol. The Morgan fingerprint density at radius 3 is 2.52 bits per heavy atom. The molecule has 0 saturated carbocycles. The largest absolute Gasteiger partial charge is 0.338 e. The van der Waals surface area contributed by atoms with Crippen LogP contribution in [0, 0.1) is 4.77 Å². The number of hydrogen-bond donors (Lipinski definition) is 1. The lowest BCUT2D eigenvalue weighted by atomic mass is 10.1. The summed E-state index contributed by atoms with van der Waals surface area (Å²) in [4.78, 5) is 15.8. The van der Waals surface area contributed by atoms with E-state index in [9.17, 15) is 13.2 Å². The molecule has 11 heteroatoms. The van der Waals surface area contributed by atoms with E-state index in [-0.39, 0.29) is 30.4 Å². The molecule has 5 rings (SSSR count). The summed E-state index contributed by atoms with van der Waals surface area (Å²) in [5.41, 5.74) is 0. The highest BCUT2D eigenvalue weighted by Gasteiger charge is 2.30. The lowest BCUT2D eigenvalue weighted by molar-refractivity contribution is -0.133. The topological polar surface area (TPSA) is 91.3 Å². The van der Waals surface area contributed by atoms with E-state index >= 15 is 0 Å². The molecule has 1 saturated heterocycles. The number of rotatable bonds is 5. The van der Waals surface area contributed by atoms with Gasteiger partial charge in [-0.25, -0.2) is 8.42 Å². The molecule has 0 aliphatic carbocycles. The number of hydrogen-bond acceptors (Lipinski definition) is 6. The molecule has 1 fully saturated rings. The number of carbonyl (C=O) groups is 1. The third-order valence-electron chi connectivity index (χ3n) is 5.74. The van der Waals surface area contributed by atoms with E-state index in [2.05, 4.69) is 10.2 Å². The third kappa shape index (κ3) is 4.24. The lowest BCUT2D eigenvalue weighted by Crippen LogP contribution is -2.51. The first kappa shape index (κ1) is 22.0. The van der Waals surface area contributed by atoms with Gasteiger partial charge in [0.25, 0.3) is 0 Å². The van der Waals surface area contributed by atoms with Crippen molar-refractivity contribution in [3.8, 4) is 10.7 Å². The predicted molar refractivity (Wildman–Crippen MR) is 130 cm³/mol. The van der Waals surface area contributed by atoms with Crippen molar-refractivity contribution in [2.45, 2.75) is 11.4 Å². The number of H-pyrrole nitrogens is 1. The summed E-state index contributed by atoms with van der Waals surface area (Å²) in [6.45, 7) is 1.20. The molecule has 0 spiro atoms. The Labute approximate surface area is 200 Å². The van der Waals surface area contributed by atoms with E-state index in [4.69, 9.17) is 12.2 Å². The number of fused-ring (bicyclic) bond motifs is 1. The van der Waals surface area contributed by atoms with Crippen molar-refractivity contribution in [3.63, 3.8) is 0 Å². The molecule has 0 bridgehead atoms. The van der Waals surface area contributed by atoms with Crippen LogP contribution in [0.2, 0.25) is 0 Å². The standard InChI is InChI=1S/C22H21N5O3S3/c28-20(15-27-21(23-24-22(27)31)19-6-3-13-32-19)25-9-11-26(12-10-25)33(29,30)18-8-7-16-4-1-2-5-17(16)14-18/h1-8,13-14H,9-12,15H2,(H,24,31). The predicted octanol–water partition coefficient (Wildman–Crippen LogP) is 3.36. The number of aromatic nitrogens is 3. The normalized spacial score (nSPS) is 15.2. The Morgan fingerprint density at radius 2 is 1.79 bits per heavy atom. The Kier molecular flexibility index (Phi) is 5.87. The molecular weight excluding hydrogens is 478 g/mol. The fourth-order valence-electron chi connectivity index (χ4n) is 3.95. The van der Waals surface area contributed by atoms with Crippen LogP contribution < -0.4 is 0 Å². The molecule has 4 aromatic rings. The van der Waals surface area contributed by atoms with Crippen molar-refractivity contribution in [2.24, 2.45) is 0 Å². The first-order valence-electron chi connectivity index (χ1n) is 10.4. The first-order valence-corrected chi connectivity index (χ1v) is 13.1. The van der Waals surface area contributed by atoms with Gasteiger partial charge in [0.2, 0.25) is 15.9 Å². The molecule has 0 unspecified atom stereocenters.